The van der Waals surface area contributed by atoms with Crippen LogP contribution >= 0.6 is 0 Å². The number of likely N-dealkylation sites (tertiary alicyclic amines) is 1. The number of aromatic nitrogens is 5. The first-order valence-electron chi connectivity index (χ1n) is 12.0. The Kier molecular flexibility index (Phi) is 6.63. The van der Waals surface area contributed by atoms with Crippen molar-refractivity contribution in [1.82, 2.24) is 29.9 Å². The van der Waals surface area contributed by atoms with Gasteiger partial charge in [0.2, 0.25) is 5.91 Å². The van der Waals surface area contributed by atoms with Crippen molar-refractivity contribution in [3.05, 3.63) is 51.6 Å². The fourth-order valence-corrected chi connectivity index (χ4v) is 4.38. The van der Waals surface area contributed by atoms with E-state index in [0.29, 0.717) is 31.0 Å². The van der Waals surface area contributed by atoms with Gasteiger partial charge in [0.25, 0.3) is 5.56 Å². The molecule has 2 aromatic heterocycles. The highest BCUT2D eigenvalue weighted by molar-refractivity contribution is 5.76. The minimum atomic E-state index is -0.279. The van der Waals surface area contributed by atoms with Crippen LogP contribution < -0.4 is 5.56 Å². The predicted octanol–water partition coefficient (Wildman–Crippen LogP) is 3.76. The van der Waals surface area contributed by atoms with Crippen molar-refractivity contribution < 1.29 is 4.79 Å². The molecule has 1 aliphatic rings. The van der Waals surface area contributed by atoms with Gasteiger partial charge in [-0.1, -0.05) is 63.6 Å². The molecule has 0 aliphatic carbocycles. The van der Waals surface area contributed by atoms with Gasteiger partial charge in [0.1, 0.15) is 5.82 Å². The third-order valence-electron chi connectivity index (χ3n) is 6.45. The first-order valence-corrected chi connectivity index (χ1v) is 12.0. The van der Waals surface area contributed by atoms with Crippen molar-refractivity contribution in [3.8, 4) is 0 Å². The molecule has 1 fully saturated rings. The van der Waals surface area contributed by atoms with Crippen LogP contribution in [0.1, 0.15) is 82.7 Å². The Bertz CT molecular complexity index is 1170. The molecule has 1 amide bonds. The molecule has 1 saturated heterocycles. The van der Waals surface area contributed by atoms with Gasteiger partial charge in [-0.3, -0.25) is 9.59 Å². The summed E-state index contributed by atoms with van der Waals surface area (Å²) >= 11 is 0. The molecule has 0 saturated carbocycles. The summed E-state index contributed by atoms with van der Waals surface area (Å²) in [6.07, 6.45) is 4.29. The number of hydrogen-bond acceptors (Lipinski definition) is 5. The maximum atomic E-state index is 12.7. The fourth-order valence-electron chi connectivity index (χ4n) is 4.38. The molecule has 8 heteroatoms. The van der Waals surface area contributed by atoms with Crippen LogP contribution in [0.15, 0.2) is 29.1 Å². The average Bonchev–Trinajstić information content (AvgIpc) is 3.20. The molecule has 1 atom stereocenters. The Morgan fingerprint density at radius 2 is 1.97 bits per heavy atom. The third-order valence-corrected chi connectivity index (χ3v) is 6.45. The van der Waals surface area contributed by atoms with Crippen LogP contribution in [0.4, 0.5) is 0 Å². The first-order chi connectivity index (χ1) is 15.8. The summed E-state index contributed by atoms with van der Waals surface area (Å²) in [6.45, 7) is 10.5. The Morgan fingerprint density at radius 1 is 1.21 bits per heavy atom. The molecule has 0 radical (unpaired) electrons. The van der Waals surface area contributed by atoms with Crippen molar-refractivity contribution in [1.29, 1.82) is 0 Å². The van der Waals surface area contributed by atoms with Crippen molar-refractivity contribution in [2.24, 2.45) is 0 Å². The Labute approximate surface area is 194 Å². The number of hydrogen-bond donors (Lipinski definition) is 1. The van der Waals surface area contributed by atoms with E-state index in [9.17, 15) is 9.59 Å². The van der Waals surface area contributed by atoms with Crippen molar-refractivity contribution in [3.63, 3.8) is 0 Å². The van der Waals surface area contributed by atoms with Crippen LogP contribution in [0.3, 0.4) is 0 Å². The van der Waals surface area contributed by atoms with Crippen LogP contribution in [-0.4, -0.2) is 48.9 Å². The molecule has 1 aliphatic heterocycles. The zero-order valence-electron chi connectivity index (χ0n) is 20.1. The highest BCUT2D eigenvalue weighted by Gasteiger charge is 2.27. The second-order valence-electron chi connectivity index (χ2n) is 10.1. The third kappa shape index (κ3) is 5.15. The largest absolute Gasteiger partial charge is 0.342 e. The summed E-state index contributed by atoms with van der Waals surface area (Å²) < 4.78 is 1.69. The zero-order chi connectivity index (χ0) is 23.6. The number of rotatable bonds is 6. The molecule has 4 rings (SSSR count). The maximum absolute atomic E-state index is 12.7. The van der Waals surface area contributed by atoms with Gasteiger partial charge in [-0.05, 0) is 35.8 Å². The molecular weight excluding hydrogens is 416 g/mol. The number of carbonyl (C=O) groups excluding carboxylic acids is 1. The standard InChI is InChI=1S/C25H34N6O2/c1-5-6-9-20(32)30-14-7-8-18(16-30)22-26-23-21(24(33)27-22)28-29-31(23)15-17-10-12-19(13-11-17)25(2,3)4/h10-13,18H,5-9,14-16H2,1-4H3,(H,26,27,33). The van der Waals surface area contributed by atoms with Crippen molar-refractivity contribution in [2.75, 3.05) is 13.1 Å². The van der Waals surface area contributed by atoms with E-state index in [4.69, 9.17) is 4.98 Å². The summed E-state index contributed by atoms with van der Waals surface area (Å²) in [4.78, 5) is 34.8. The molecule has 0 bridgehead atoms. The molecule has 1 unspecified atom stereocenters. The minimum absolute atomic E-state index is 0.0100. The second kappa shape index (κ2) is 9.45. The minimum Gasteiger partial charge on any atom is -0.342 e. The van der Waals surface area contributed by atoms with E-state index in [1.165, 1.54) is 5.56 Å². The van der Waals surface area contributed by atoms with E-state index >= 15 is 0 Å². The second-order valence-corrected chi connectivity index (χ2v) is 10.1. The SMILES string of the molecule is CCCCC(=O)N1CCCC(c2nc3c(nnn3Cc3ccc(C(C)(C)C)cc3)c(=O)[nH]2)C1. The van der Waals surface area contributed by atoms with Gasteiger partial charge < -0.3 is 9.88 Å². The monoisotopic (exact) mass is 450 g/mol. The lowest BCUT2D eigenvalue weighted by Gasteiger charge is -2.32. The van der Waals surface area contributed by atoms with E-state index in [2.05, 4.69) is 67.3 Å². The normalized spacial score (nSPS) is 17.0. The quantitative estimate of drug-likeness (QED) is 0.617. The van der Waals surface area contributed by atoms with Crippen molar-refractivity contribution >= 4 is 17.1 Å². The molecule has 1 aromatic carbocycles. The molecule has 176 valence electrons. The van der Waals surface area contributed by atoms with Gasteiger partial charge in [-0.2, -0.15) is 0 Å². The van der Waals surface area contributed by atoms with Gasteiger partial charge in [0.05, 0.1) is 6.54 Å². The molecule has 1 N–H and O–H groups in total. The molecule has 3 heterocycles. The molecule has 0 spiro atoms. The number of nitrogens with one attached hydrogen (secondary N) is 1. The summed E-state index contributed by atoms with van der Waals surface area (Å²) in [5.41, 5.74) is 2.89. The van der Waals surface area contributed by atoms with Crippen LogP contribution in [0.5, 0.6) is 0 Å². The topological polar surface area (TPSA) is 96.8 Å². The molecule has 33 heavy (non-hydrogen) atoms. The molecule has 8 nitrogen and oxygen atoms in total. The number of unbranched alkanes of at least 4 members (excludes halogenated alkanes) is 1. The number of benzene rings is 1. The Hall–Kier alpha value is -3.03. The van der Waals surface area contributed by atoms with E-state index in [0.717, 1.165) is 37.8 Å². The van der Waals surface area contributed by atoms with E-state index in [1.807, 2.05) is 4.90 Å². The van der Waals surface area contributed by atoms with Crippen LogP contribution in [0, 0.1) is 0 Å². The Balaban J connectivity index is 1.57. The summed E-state index contributed by atoms with van der Waals surface area (Å²) in [5.74, 6) is 0.818. The van der Waals surface area contributed by atoms with Crippen LogP contribution in [-0.2, 0) is 16.8 Å². The average molecular weight is 451 g/mol. The van der Waals surface area contributed by atoms with Crippen LogP contribution in [0.25, 0.3) is 11.2 Å². The molecular formula is C25H34N6O2. The van der Waals surface area contributed by atoms with Gasteiger partial charge >= 0.3 is 0 Å². The highest BCUT2D eigenvalue weighted by Crippen LogP contribution is 2.26. The number of nitrogens with zero attached hydrogens (tertiary/aromatic N) is 5. The number of H-pyrrole nitrogens is 1. The van der Waals surface area contributed by atoms with Gasteiger partial charge in [-0.15, -0.1) is 5.10 Å². The van der Waals surface area contributed by atoms with Crippen LogP contribution in [0.2, 0.25) is 0 Å². The predicted molar refractivity (Wildman–Crippen MR) is 128 cm³/mol. The lowest BCUT2D eigenvalue weighted by atomic mass is 9.87. The zero-order valence-corrected chi connectivity index (χ0v) is 20.1. The fraction of sp³-hybridized carbons (Fsp3) is 0.560. The summed E-state index contributed by atoms with van der Waals surface area (Å²) in [5, 5.41) is 8.28. The first kappa shape index (κ1) is 23.1. The lowest BCUT2D eigenvalue weighted by Crippen LogP contribution is -2.39. The van der Waals surface area contributed by atoms with E-state index < -0.39 is 0 Å². The smallest absolute Gasteiger partial charge is 0.281 e. The lowest BCUT2D eigenvalue weighted by molar-refractivity contribution is -0.132. The number of carbonyl (C=O) groups is 1. The number of amides is 1. The summed E-state index contributed by atoms with van der Waals surface area (Å²) in [7, 11) is 0. The Morgan fingerprint density at radius 3 is 2.67 bits per heavy atom. The van der Waals surface area contributed by atoms with Gasteiger partial charge in [0, 0.05) is 25.4 Å². The number of piperidine rings is 1. The maximum Gasteiger partial charge on any atom is 0.281 e. The van der Waals surface area contributed by atoms with Gasteiger partial charge in [-0.25, -0.2) is 9.67 Å². The van der Waals surface area contributed by atoms with Gasteiger partial charge in [0.15, 0.2) is 11.2 Å². The number of aromatic amines is 1. The molecule has 3 aromatic rings. The van der Waals surface area contributed by atoms with Crippen molar-refractivity contribution in [2.45, 2.75) is 77.7 Å². The number of fused-ring (bicyclic) bond motifs is 1. The van der Waals surface area contributed by atoms with E-state index in [-0.39, 0.29) is 28.3 Å². The summed E-state index contributed by atoms with van der Waals surface area (Å²) in [6, 6.07) is 8.44. The highest BCUT2D eigenvalue weighted by atomic mass is 16.2. The van der Waals surface area contributed by atoms with E-state index in [1.54, 1.807) is 4.68 Å².